The van der Waals surface area contributed by atoms with Crippen LogP contribution in [-0.4, -0.2) is 17.6 Å². The molecule has 0 radical (unpaired) electrons. The van der Waals surface area contributed by atoms with Gasteiger partial charge in [0.05, 0.1) is 6.54 Å². The average molecular weight is 147 g/mol. The number of aliphatic carboxylic acids is 1. The van der Waals surface area contributed by atoms with Crippen molar-refractivity contribution in [2.45, 2.75) is 27.7 Å². The van der Waals surface area contributed by atoms with Gasteiger partial charge in [0.1, 0.15) is 0 Å². The van der Waals surface area contributed by atoms with Gasteiger partial charge in [-0.25, -0.2) is 0 Å². The molecule has 62 valence electrons. The fourth-order valence-electron chi connectivity index (χ4n) is 0. The van der Waals surface area contributed by atoms with E-state index in [1.54, 1.807) is 0 Å². The topological polar surface area (TPSA) is 63.3 Å². The van der Waals surface area contributed by atoms with Crippen molar-refractivity contribution in [3.8, 4) is 0 Å². The minimum atomic E-state index is -0.968. The molecular formula is C7H17NO2. The third-order valence-corrected chi connectivity index (χ3v) is 0.175. The maximum Gasteiger partial charge on any atom is 0.317 e. The maximum absolute atomic E-state index is 9.24. The molecule has 3 heteroatoms. The summed E-state index contributed by atoms with van der Waals surface area (Å²) in [5.41, 5.74) is 5.07. The highest BCUT2D eigenvalue weighted by Crippen LogP contribution is 2.07. The first kappa shape index (κ1) is 12.1. The molecule has 0 saturated carbocycles. The molecule has 0 aliphatic heterocycles. The minimum absolute atomic E-state index is 0.278. The smallest absolute Gasteiger partial charge is 0.317 e. The number of nitrogens with two attached hydrogens (primary N) is 1. The first-order valence-corrected chi connectivity index (χ1v) is 3.19. The highest BCUT2D eigenvalue weighted by Gasteiger charge is 1.95. The molecule has 0 unspecified atom stereocenters. The van der Waals surface area contributed by atoms with Gasteiger partial charge < -0.3 is 10.8 Å². The Kier molecular flexibility index (Phi) is 6.35. The van der Waals surface area contributed by atoms with E-state index in [1.165, 1.54) is 0 Å². The van der Waals surface area contributed by atoms with Crippen LogP contribution in [0.5, 0.6) is 0 Å². The van der Waals surface area contributed by atoms with Crippen LogP contribution >= 0.6 is 0 Å². The van der Waals surface area contributed by atoms with E-state index in [4.69, 9.17) is 5.11 Å². The lowest BCUT2D eigenvalue weighted by Crippen LogP contribution is -2.10. The Morgan fingerprint density at radius 2 is 1.50 bits per heavy atom. The van der Waals surface area contributed by atoms with Gasteiger partial charge in [0.2, 0.25) is 0 Å². The molecule has 0 aromatic heterocycles. The standard InChI is InChI=1S/C5H12.C2H5NO2/c1-5(2,3)4;3-1-2(4)5/h1-4H3;1,3H2,(H,4,5). The Hall–Kier alpha value is -0.570. The zero-order valence-electron chi connectivity index (χ0n) is 7.14. The number of hydrogen-bond acceptors (Lipinski definition) is 2. The van der Waals surface area contributed by atoms with Gasteiger partial charge in [-0.2, -0.15) is 0 Å². The Morgan fingerprint density at radius 3 is 1.50 bits per heavy atom. The number of carboxylic acid groups (broad SMARTS) is 1. The van der Waals surface area contributed by atoms with Crippen LogP contribution in [0.15, 0.2) is 0 Å². The molecule has 0 amide bonds. The molecule has 0 atom stereocenters. The third kappa shape index (κ3) is 150. The fourth-order valence-corrected chi connectivity index (χ4v) is 0. The normalized spacial score (nSPS) is 9.70. The van der Waals surface area contributed by atoms with E-state index in [0.29, 0.717) is 5.41 Å². The summed E-state index contributed by atoms with van der Waals surface area (Å²) in [6, 6.07) is 0. The van der Waals surface area contributed by atoms with Crippen LogP contribution < -0.4 is 5.73 Å². The Balaban J connectivity index is 0. The quantitative estimate of drug-likeness (QED) is 0.583. The number of hydrogen-bond donors (Lipinski definition) is 2. The second kappa shape index (κ2) is 5.23. The van der Waals surface area contributed by atoms with Gasteiger partial charge in [0, 0.05) is 0 Å². The van der Waals surface area contributed by atoms with Crippen molar-refractivity contribution >= 4 is 5.97 Å². The number of rotatable bonds is 1. The van der Waals surface area contributed by atoms with Gasteiger partial charge in [-0.3, -0.25) is 4.79 Å². The predicted molar refractivity (Wildman–Crippen MR) is 41.8 cm³/mol. The SMILES string of the molecule is CC(C)(C)C.NCC(=O)O. The molecule has 0 spiro atoms. The molecule has 0 aliphatic carbocycles. The zero-order valence-corrected chi connectivity index (χ0v) is 7.14. The molecule has 0 bridgehead atoms. The first-order chi connectivity index (χ1) is 4.27. The summed E-state index contributed by atoms with van der Waals surface area (Å²) in [7, 11) is 0. The first-order valence-electron chi connectivity index (χ1n) is 3.19. The molecule has 10 heavy (non-hydrogen) atoms. The molecule has 3 nitrogen and oxygen atoms in total. The van der Waals surface area contributed by atoms with Gasteiger partial charge in [-0.1, -0.05) is 27.7 Å². The highest BCUT2D eigenvalue weighted by atomic mass is 16.4. The second-order valence-electron chi connectivity index (χ2n) is 3.60. The molecule has 3 N–H and O–H groups in total. The van der Waals surface area contributed by atoms with Crippen molar-refractivity contribution in [2.24, 2.45) is 11.1 Å². The van der Waals surface area contributed by atoms with Crippen LogP contribution in [0.4, 0.5) is 0 Å². The molecule has 0 aromatic rings. The monoisotopic (exact) mass is 147 g/mol. The van der Waals surface area contributed by atoms with Crippen molar-refractivity contribution in [2.75, 3.05) is 6.54 Å². The van der Waals surface area contributed by atoms with Crippen LogP contribution in [0.2, 0.25) is 0 Å². The maximum atomic E-state index is 9.24. The molecule has 0 rings (SSSR count). The Labute approximate surface area is 62.2 Å². The summed E-state index contributed by atoms with van der Waals surface area (Å²) < 4.78 is 0. The van der Waals surface area contributed by atoms with E-state index in [0.717, 1.165) is 0 Å². The van der Waals surface area contributed by atoms with E-state index >= 15 is 0 Å². The van der Waals surface area contributed by atoms with Crippen molar-refractivity contribution in [3.05, 3.63) is 0 Å². The summed E-state index contributed by atoms with van der Waals surface area (Å²) in [4.78, 5) is 9.24. The molecule has 0 saturated heterocycles. The van der Waals surface area contributed by atoms with Crippen molar-refractivity contribution < 1.29 is 9.90 Å². The summed E-state index contributed by atoms with van der Waals surface area (Å²) in [5.74, 6) is -0.968. The summed E-state index contributed by atoms with van der Waals surface area (Å²) in [5, 5.41) is 7.60. The van der Waals surface area contributed by atoms with E-state index in [-0.39, 0.29) is 6.54 Å². The third-order valence-electron chi connectivity index (χ3n) is 0.175. The van der Waals surface area contributed by atoms with Crippen LogP contribution in [0.1, 0.15) is 27.7 Å². The van der Waals surface area contributed by atoms with Crippen LogP contribution in [0, 0.1) is 5.41 Å². The fraction of sp³-hybridized carbons (Fsp3) is 0.857. The minimum Gasteiger partial charge on any atom is -0.480 e. The van der Waals surface area contributed by atoms with Crippen molar-refractivity contribution in [1.82, 2.24) is 0 Å². The zero-order chi connectivity index (χ0) is 8.78. The number of carbonyl (C=O) groups is 1. The predicted octanol–water partition coefficient (Wildman–Crippen LogP) is 1.08. The summed E-state index contributed by atoms with van der Waals surface area (Å²) in [6.45, 7) is 8.47. The number of carboxylic acids is 1. The van der Waals surface area contributed by atoms with E-state index in [9.17, 15) is 4.79 Å². The van der Waals surface area contributed by atoms with E-state index < -0.39 is 5.97 Å². The van der Waals surface area contributed by atoms with Crippen LogP contribution in [0.25, 0.3) is 0 Å². The summed E-state index contributed by atoms with van der Waals surface area (Å²) in [6.07, 6.45) is 0. The van der Waals surface area contributed by atoms with E-state index in [2.05, 4.69) is 33.4 Å². The van der Waals surface area contributed by atoms with Gasteiger partial charge >= 0.3 is 5.97 Å². The average Bonchev–Trinajstić information content (AvgIpc) is 1.61. The molecule has 0 aliphatic rings. The van der Waals surface area contributed by atoms with Crippen LogP contribution in [0.3, 0.4) is 0 Å². The largest absolute Gasteiger partial charge is 0.480 e. The van der Waals surface area contributed by atoms with Crippen molar-refractivity contribution in [3.63, 3.8) is 0 Å². The van der Waals surface area contributed by atoms with Crippen LogP contribution in [-0.2, 0) is 4.79 Å². The lowest BCUT2D eigenvalue weighted by atomic mass is 10.0. The molecule has 0 heterocycles. The molecule has 0 fully saturated rings. The molecular weight excluding hydrogens is 130 g/mol. The highest BCUT2D eigenvalue weighted by molar-refractivity contribution is 5.68. The lowest BCUT2D eigenvalue weighted by molar-refractivity contribution is -0.135. The van der Waals surface area contributed by atoms with Gasteiger partial charge in [0.25, 0.3) is 0 Å². The van der Waals surface area contributed by atoms with Gasteiger partial charge in [-0.15, -0.1) is 0 Å². The lowest BCUT2D eigenvalue weighted by Gasteiger charge is -2.05. The van der Waals surface area contributed by atoms with Gasteiger partial charge in [0.15, 0.2) is 0 Å². The van der Waals surface area contributed by atoms with Crippen molar-refractivity contribution in [1.29, 1.82) is 0 Å². The van der Waals surface area contributed by atoms with Gasteiger partial charge in [-0.05, 0) is 5.41 Å². The molecule has 0 aromatic carbocycles. The Morgan fingerprint density at radius 1 is 1.40 bits per heavy atom. The summed E-state index contributed by atoms with van der Waals surface area (Å²) >= 11 is 0. The second-order valence-corrected chi connectivity index (χ2v) is 3.60. The van der Waals surface area contributed by atoms with E-state index in [1.807, 2.05) is 0 Å². The Bertz CT molecular complexity index is 88.3.